The second-order valence-electron chi connectivity index (χ2n) is 3.75. The minimum Gasteiger partial charge on any atom is -0.398 e. The molecule has 0 atom stereocenters. The number of hydrogen-bond donors (Lipinski definition) is 1. The monoisotopic (exact) mass is 246 g/mol. The standard InChI is InChI=1S/C11H10N4OS/c12-8-1-2-10(16)15(5-8)7-9-6-14-3-4-17-11(14)13-9/h1-6H,7,12H2. The van der Waals surface area contributed by atoms with Gasteiger partial charge in [-0.2, -0.15) is 0 Å². The molecule has 0 fully saturated rings. The van der Waals surface area contributed by atoms with Crippen molar-refractivity contribution in [1.29, 1.82) is 0 Å². The summed E-state index contributed by atoms with van der Waals surface area (Å²) in [4.78, 5) is 17.0. The highest BCUT2D eigenvalue weighted by Gasteiger charge is 2.04. The molecule has 2 N–H and O–H groups in total. The average Bonchev–Trinajstić information content (AvgIpc) is 2.83. The third-order valence-corrected chi connectivity index (χ3v) is 3.25. The van der Waals surface area contributed by atoms with E-state index in [9.17, 15) is 4.79 Å². The minimum atomic E-state index is -0.0736. The second-order valence-corrected chi connectivity index (χ2v) is 4.63. The summed E-state index contributed by atoms with van der Waals surface area (Å²) in [6.07, 6.45) is 5.50. The van der Waals surface area contributed by atoms with Crippen LogP contribution in [0.3, 0.4) is 0 Å². The molecule has 3 rings (SSSR count). The molecule has 0 aromatic carbocycles. The SMILES string of the molecule is Nc1ccc(=O)n(Cc2cn3ccsc3n2)c1. The van der Waals surface area contributed by atoms with E-state index in [1.807, 2.05) is 22.2 Å². The predicted octanol–water partition coefficient (Wildman–Crippen LogP) is 1.19. The normalized spacial score (nSPS) is 11.1. The lowest BCUT2D eigenvalue weighted by atomic mass is 10.4. The molecule has 3 aromatic rings. The Hall–Kier alpha value is -2.08. The van der Waals surface area contributed by atoms with E-state index in [0.29, 0.717) is 12.2 Å². The van der Waals surface area contributed by atoms with Crippen molar-refractivity contribution in [2.75, 3.05) is 5.73 Å². The zero-order valence-corrected chi connectivity index (χ0v) is 9.72. The van der Waals surface area contributed by atoms with E-state index < -0.39 is 0 Å². The Kier molecular flexibility index (Phi) is 2.22. The highest BCUT2D eigenvalue weighted by atomic mass is 32.1. The van der Waals surface area contributed by atoms with Crippen molar-refractivity contribution >= 4 is 22.0 Å². The molecular weight excluding hydrogens is 236 g/mol. The van der Waals surface area contributed by atoms with Crippen LogP contribution in [-0.4, -0.2) is 14.0 Å². The number of fused-ring (bicyclic) bond motifs is 1. The molecule has 0 spiro atoms. The number of hydrogen-bond acceptors (Lipinski definition) is 4. The van der Waals surface area contributed by atoms with Crippen LogP contribution < -0.4 is 11.3 Å². The molecule has 0 aliphatic heterocycles. The van der Waals surface area contributed by atoms with Crippen LogP contribution in [0.1, 0.15) is 5.69 Å². The van der Waals surface area contributed by atoms with Gasteiger partial charge in [-0.25, -0.2) is 4.98 Å². The van der Waals surface area contributed by atoms with Crippen LogP contribution in [-0.2, 0) is 6.54 Å². The van der Waals surface area contributed by atoms with Crippen molar-refractivity contribution in [2.24, 2.45) is 0 Å². The Morgan fingerprint density at radius 1 is 1.35 bits per heavy atom. The predicted molar refractivity (Wildman–Crippen MR) is 67.3 cm³/mol. The van der Waals surface area contributed by atoms with Gasteiger partial charge >= 0.3 is 0 Å². The molecule has 0 bridgehead atoms. The Morgan fingerprint density at radius 2 is 2.24 bits per heavy atom. The van der Waals surface area contributed by atoms with Crippen LogP contribution in [0.25, 0.3) is 4.96 Å². The highest BCUT2D eigenvalue weighted by molar-refractivity contribution is 7.15. The smallest absolute Gasteiger partial charge is 0.251 e. The molecule has 0 unspecified atom stereocenters. The molecular formula is C11H10N4OS. The van der Waals surface area contributed by atoms with Crippen LogP contribution in [0.5, 0.6) is 0 Å². The van der Waals surface area contributed by atoms with Crippen LogP contribution in [0, 0.1) is 0 Å². The van der Waals surface area contributed by atoms with Gasteiger partial charge in [-0.3, -0.25) is 9.20 Å². The lowest BCUT2D eigenvalue weighted by Crippen LogP contribution is -2.19. The van der Waals surface area contributed by atoms with E-state index in [1.165, 1.54) is 6.07 Å². The summed E-state index contributed by atoms with van der Waals surface area (Å²) in [5, 5.41) is 1.97. The first-order chi connectivity index (χ1) is 8.22. The Morgan fingerprint density at radius 3 is 3.06 bits per heavy atom. The summed E-state index contributed by atoms with van der Waals surface area (Å²) >= 11 is 1.57. The summed E-state index contributed by atoms with van der Waals surface area (Å²) in [6.45, 7) is 0.443. The summed E-state index contributed by atoms with van der Waals surface area (Å²) in [5.74, 6) is 0. The number of rotatable bonds is 2. The van der Waals surface area contributed by atoms with Gasteiger partial charge in [-0.15, -0.1) is 11.3 Å². The molecule has 0 saturated carbocycles. The topological polar surface area (TPSA) is 65.3 Å². The van der Waals surface area contributed by atoms with E-state index in [1.54, 1.807) is 28.2 Å². The van der Waals surface area contributed by atoms with Crippen molar-refractivity contribution in [2.45, 2.75) is 6.54 Å². The lowest BCUT2D eigenvalue weighted by molar-refractivity contribution is 0.746. The molecule has 3 heterocycles. The highest BCUT2D eigenvalue weighted by Crippen LogP contribution is 2.12. The van der Waals surface area contributed by atoms with Crippen molar-refractivity contribution in [3.8, 4) is 0 Å². The van der Waals surface area contributed by atoms with E-state index in [2.05, 4.69) is 4.98 Å². The number of nitrogen functional groups attached to an aromatic ring is 1. The Labute approximate surface area is 101 Å². The fourth-order valence-corrected chi connectivity index (χ4v) is 2.42. The van der Waals surface area contributed by atoms with Crippen molar-refractivity contribution in [3.63, 3.8) is 0 Å². The molecule has 0 amide bonds. The molecule has 17 heavy (non-hydrogen) atoms. The number of nitrogens with two attached hydrogens (primary N) is 1. The first-order valence-electron chi connectivity index (χ1n) is 5.09. The van der Waals surface area contributed by atoms with Gasteiger partial charge in [0.25, 0.3) is 5.56 Å². The van der Waals surface area contributed by atoms with E-state index in [4.69, 9.17) is 5.73 Å². The van der Waals surface area contributed by atoms with Crippen molar-refractivity contribution in [1.82, 2.24) is 14.0 Å². The number of pyridine rings is 1. The van der Waals surface area contributed by atoms with Crippen LogP contribution in [0.2, 0.25) is 0 Å². The lowest BCUT2D eigenvalue weighted by Gasteiger charge is -2.03. The molecule has 0 saturated heterocycles. The van der Waals surface area contributed by atoms with Gasteiger partial charge in [0.1, 0.15) is 0 Å². The first kappa shape index (κ1) is 10.1. The average molecular weight is 246 g/mol. The van der Waals surface area contributed by atoms with E-state index in [0.717, 1.165) is 10.7 Å². The van der Waals surface area contributed by atoms with Crippen LogP contribution in [0.15, 0.2) is 40.9 Å². The van der Waals surface area contributed by atoms with Gasteiger partial charge in [0, 0.05) is 35.7 Å². The van der Waals surface area contributed by atoms with Gasteiger partial charge in [0.05, 0.1) is 12.2 Å². The number of imidazole rings is 1. The number of aromatic nitrogens is 3. The molecule has 0 aliphatic carbocycles. The van der Waals surface area contributed by atoms with E-state index >= 15 is 0 Å². The Balaban J connectivity index is 1.99. The fraction of sp³-hybridized carbons (Fsp3) is 0.0909. The largest absolute Gasteiger partial charge is 0.398 e. The molecule has 6 heteroatoms. The summed E-state index contributed by atoms with van der Waals surface area (Å²) < 4.78 is 3.50. The van der Waals surface area contributed by atoms with Crippen LogP contribution in [0.4, 0.5) is 5.69 Å². The maximum Gasteiger partial charge on any atom is 0.251 e. The maximum absolute atomic E-state index is 11.6. The van der Waals surface area contributed by atoms with Gasteiger partial charge in [0.15, 0.2) is 4.96 Å². The Bertz CT molecular complexity index is 696. The molecule has 0 radical (unpaired) electrons. The van der Waals surface area contributed by atoms with Crippen molar-refractivity contribution < 1.29 is 0 Å². The van der Waals surface area contributed by atoms with Crippen LogP contribution >= 0.6 is 11.3 Å². The number of anilines is 1. The third kappa shape index (κ3) is 1.83. The molecule has 0 aliphatic rings. The second kappa shape index (κ2) is 3.74. The van der Waals surface area contributed by atoms with Crippen molar-refractivity contribution in [3.05, 3.63) is 52.2 Å². The van der Waals surface area contributed by atoms with Gasteiger partial charge in [-0.05, 0) is 6.07 Å². The number of nitrogens with zero attached hydrogens (tertiary/aromatic N) is 3. The van der Waals surface area contributed by atoms with Gasteiger partial charge in [-0.1, -0.05) is 0 Å². The molecule has 5 nitrogen and oxygen atoms in total. The fourth-order valence-electron chi connectivity index (χ4n) is 1.70. The summed E-state index contributed by atoms with van der Waals surface area (Å²) in [6, 6.07) is 3.07. The zero-order valence-electron chi connectivity index (χ0n) is 8.91. The van der Waals surface area contributed by atoms with E-state index in [-0.39, 0.29) is 5.56 Å². The third-order valence-electron chi connectivity index (χ3n) is 2.48. The first-order valence-corrected chi connectivity index (χ1v) is 5.97. The molecule has 3 aromatic heterocycles. The van der Waals surface area contributed by atoms with Gasteiger partial charge < -0.3 is 10.3 Å². The minimum absolute atomic E-state index is 0.0736. The summed E-state index contributed by atoms with van der Waals surface area (Å²) in [5.41, 5.74) is 7.01. The number of thiazole rings is 1. The maximum atomic E-state index is 11.6. The summed E-state index contributed by atoms with van der Waals surface area (Å²) in [7, 11) is 0. The quantitative estimate of drug-likeness (QED) is 0.738. The van der Waals surface area contributed by atoms with Gasteiger partial charge in [0.2, 0.25) is 0 Å². The zero-order chi connectivity index (χ0) is 11.8. The molecule has 86 valence electrons.